The van der Waals surface area contributed by atoms with Gasteiger partial charge in [-0.2, -0.15) is 0 Å². The van der Waals surface area contributed by atoms with Crippen molar-refractivity contribution in [3.8, 4) is 0 Å². The van der Waals surface area contributed by atoms with E-state index >= 15 is 0 Å². The van der Waals surface area contributed by atoms with Crippen molar-refractivity contribution in [3.63, 3.8) is 0 Å². The van der Waals surface area contributed by atoms with Gasteiger partial charge in [0.05, 0.1) is 0 Å². The Morgan fingerprint density at radius 2 is 2.17 bits per heavy atom. The Bertz CT molecular complexity index is 153. The fraction of sp³-hybridized carbons (Fsp3) is 0.667. The van der Waals surface area contributed by atoms with E-state index in [2.05, 4.69) is 5.32 Å². The number of carbonyl (C=O) groups is 1. The molecule has 3 heteroatoms. The quantitative estimate of drug-likeness (QED) is 0.614. The molecule has 0 saturated carbocycles. The summed E-state index contributed by atoms with van der Waals surface area (Å²) in [5, 5.41) is 2.76. The first-order valence-corrected chi connectivity index (χ1v) is 4.26. The van der Waals surface area contributed by atoms with E-state index in [1.807, 2.05) is 32.0 Å². The molecule has 0 rings (SSSR count). The summed E-state index contributed by atoms with van der Waals surface area (Å²) in [7, 11) is 3.93. The summed E-state index contributed by atoms with van der Waals surface area (Å²) in [5.74, 6) is -0.00120. The van der Waals surface area contributed by atoms with Gasteiger partial charge in [0, 0.05) is 19.2 Å². The molecule has 0 bridgehead atoms. The number of hydrogen-bond acceptors (Lipinski definition) is 2. The van der Waals surface area contributed by atoms with Crippen LogP contribution in [0.2, 0.25) is 0 Å². The molecule has 0 spiro atoms. The Labute approximate surface area is 74.4 Å². The molecule has 0 aromatic heterocycles. The van der Waals surface area contributed by atoms with Crippen LogP contribution in [0.5, 0.6) is 0 Å². The Hall–Kier alpha value is -0.830. The van der Waals surface area contributed by atoms with Gasteiger partial charge in [0.25, 0.3) is 0 Å². The molecular weight excluding hydrogens is 152 g/mol. The van der Waals surface area contributed by atoms with Gasteiger partial charge in [0.2, 0.25) is 5.91 Å². The minimum absolute atomic E-state index is 0.00120. The van der Waals surface area contributed by atoms with Crippen LogP contribution in [0.15, 0.2) is 12.2 Å². The fourth-order valence-electron chi connectivity index (χ4n) is 0.678. The van der Waals surface area contributed by atoms with Crippen LogP contribution in [-0.4, -0.2) is 38.0 Å². The average Bonchev–Trinajstić information content (AvgIpc) is 2.00. The van der Waals surface area contributed by atoms with Crippen molar-refractivity contribution < 1.29 is 4.79 Å². The van der Waals surface area contributed by atoms with Crippen molar-refractivity contribution in [1.29, 1.82) is 0 Å². The van der Waals surface area contributed by atoms with Gasteiger partial charge < -0.3 is 10.2 Å². The van der Waals surface area contributed by atoms with Crippen LogP contribution in [0.1, 0.15) is 13.3 Å². The molecule has 1 amide bonds. The van der Waals surface area contributed by atoms with Crippen LogP contribution in [0.4, 0.5) is 0 Å². The number of rotatable bonds is 5. The monoisotopic (exact) mass is 170 g/mol. The lowest BCUT2D eigenvalue weighted by atomic mass is 10.4. The van der Waals surface area contributed by atoms with Gasteiger partial charge in [0.15, 0.2) is 0 Å². The third kappa shape index (κ3) is 7.28. The van der Waals surface area contributed by atoms with E-state index in [0.717, 1.165) is 19.5 Å². The predicted molar refractivity (Wildman–Crippen MR) is 51.0 cm³/mol. The summed E-state index contributed by atoms with van der Waals surface area (Å²) in [4.78, 5) is 13.0. The van der Waals surface area contributed by atoms with Gasteiger partial charge in [-0.3, -0.25) is 4.79 Å². The zero-order valence-electron chi connectivity index (χ0n) is 8.13. The number of carbonyl (C=O) groups excluding carboxylic acids is 1. The van der Waals surface area contributed by atoms with E-state index in [9.17, 15) is 4.79 Å². The summed E-state index contributed by atoms with van der Waals surface area (Å²) in [6.07, 6.45) is 4.41. The highest BCUT2D eigenvalue weighted by atomic mass is 16.1. The molecule has 0 unspecified atom stereocenters. The van der Waals surface area contributed by atoms with E-state index in [-0.39, 0.29) is 5.91 Å². The molecule has 0 radical (unpaired) electrons. The van der Waals surface area contributed by atoms with Crippen LogP contribution in [0, 0.1) is 0 Å². The van der Waals surface area contributed by atoms with Crippen LogP contribution < -0.4 is 5.32 Å². The molecular formula is C9H18N2O. The van der Waals surface area contributed by atoms with Gasteiger partial charge in [-0.25, -0.2) is 0 Å². The molecule has 0 fully saturated rings. The molecule has 12 heavy (non-hydrogen) atoms. The second-order valence-corrected chi connectivity index (χ2v) is 2.96. The lowest BCUT2D eigenvalue weighted by Gasteiger charge is -2.03. The average molecular weight is 170 g/mol. The van der Waals surface area contributed by atoms with Gasteiger partial charge in [-0.05, 0) is 20.5 Å². The summed E-state index contributed by atoms with van der Waals surface area (Å²) in [6.45, 7) is 3.59. The maximum absolute atomic E-state index is 11.0. The van der Waals surface area contributed by atoms with E-state index in [4.69, 9.17) is 0 Å². The lowest BCUT2D eigenvalue weighted by Crippen LogP contribution is -2.22. The Morgan fingerprint density at radius 1 is 1.50 bits per heavy atom. The zero-order chi connectivity index (χ0) is 9.40. The zero-order valence-corrected chi connectivity index (χ0v) is 8.13. The first kappa shape index (κ1) is 11.2. The summed E-state index contributed by atoms with van der Waals surface area (Å²) in [5.41, 5.74) is 0. The number of nitrogens with one attached hydrogen (secondary N) is 1. The van der Waals surface area contributed by atoms with Gasteiger partial charge in [-0.15, -0.1) is 0 Å². The molecule has 0 aromatic rings. The highest BCUT2D eigenvalue weighted by Gasteiger charge is 1.91. The largest absolute Gasteiger partial charge is 0.353 e. The van der Waals surface area contributed by atoms with Gasteiger partial charge in [0.1, 0.15) is 0 Å². The number of hydrogen-bond donors (Lipinski definition) is 1. The highest BCUT2D eigenvalue weighted by molar-refractivity contribution is 5.87. The molecule has 0 aliphatic carbocycles. The Morgan fingerprint density at radius 3 is 2.67 bits per heavy atom. The molecule has 0 aliphatic rings. The summed E-state index contributed by atoms with van der Waals surface area (Å²) >= 11 is 0. The van der Waals surface area contributed by atoms with E-state index in [1.165, 1.54) is 0 Å². The number of nitrogens with zero attached hydrogens (tertiary/aromatic N) is 1. The van der Waals surface area contributed by atoms with Gasteiger partial charge >= 0.3 is 0 Å². The third-order valence-electron chi connectivity index (χ3n) is 1.29. The smallest absolute Gasteiger partial charge is 0.243 e. The van der Waals surface area contributed by atoms with Crippen molar-refractivity contribution in [3.05, 3.63) is 12.2 Å². The van der Waals surface area contributed by atoms with E-state index in [1.54, 1.807) is 6.08 Å². The van der Waals surface area contributed by atoms with Crippen molar-refractivity contribution in [2.75, 3.05) is 27.2 Å². The van der Waals surface area contributed by atoms with Gasteiger partial charge in [-0.1, -0.05) is 13.0 Å². The van der Waals surface area contributed by atoms with Crippen LogP contribution in [-0.2, 0) is 4.79 Å². The molecule has 3 nitrogen and oxygen atoms in total. The summed E-state index contributed by atoms with van der Waals surface area (Å²) in [6, 6.07) is 0. The molecule has 1 N–H and O–H groups in total. The molecule has 70 valence electrons. The Balaban J connectivity index is 3.47. The first-order chi connectivity index (χ1) is 5.66. The second-order valence-electron chi connectivity index (χ2n) is 2.96. The SMILES string of the molecule is CCCNC(=O)/C=C/CN(C)C. The maximum atomic E-state index is 11.0. The number of amides is 1. The molecule has 0 aliphatic heterocycles. The highest BCUT2D eigenvalue weighted by Crippen LogP contribution is 1.79. The topological polar surface area (TPSA) is 32.3 Å². The van der Waals surface area contributed by atoms with Crippen molar-refractivity contribution in [2.24, 2.45) is 0 Å². The molecule has 0 heterocycles. The predicted octanol–water partition coefficient (Wildman–Crippen LogP) is 0.630. The third-order valence-corrected chi connectivity index (χ3v) is 1.29. The lowest BCUT2D eigenvalue weighted by molar-refractivity contribution is -0.116. The Kier molecular flexibility index (Phi) is 6.38. The molecule has 0 atom stereocenters. The number of likely N-dealkylation sites (N-methyl/N-ethyl adjacent to an activating group) is 1. The van der Waals surface area contributed by atoms with E-state index in [0.29, 0.717) is 0 Å². The minimum atomic E-state index is -0.00120. The van der Waals surface area contributed by atoms with Crippen molar-refractivity contribution in [1.82, 2.24) is 10.2 Å². The molecule has 0 aromatic carbocycles. The fourth-order valence-corrected chi connectivity index (χ4v) is 0.678. The van der Waals surface area contributed by atoms with Crippen molar-refractivity contribution >= 4 is 5.91 Å². The maximum Gasteiger partial charge on any atom is 0.243 e. The minimum Gasteiger partial charge on any atom is -0.353 e. The second kappa shape index (κ2) is 6.85. The van der Waals surface area contributed by atoms with Crippen LogP contribution in [0.3, 0.4) is 0 Å². The first-order valence-electron chi connectivity index (χ1n) is 4.26. The molecule has 0 saturated heterocycles. The van der Waals surface area contributed by atoms with Crippen LogP contribution >= 0.6 is 0 Å². The van der Waals surface area contributed by atoms with Crippen LogP contribution in [0.25, 0.3) is 0 Å². The summed E-state index contributed by atoms with van der Waals surface area (Å²) < 4.78 is 0. The standard InChI is InChI=1S/C9H18N2O/c1-4-7-10-9(12)6-5-8-11(2)3/h5-6H,4,7-8H2,1-3H3,(H,10,12)/b6-5+. The van der Waals surface area contributed by atoms with Crippen molar-refractivity contribution in [2.45, 2.75) is 13.3 Å². The van der Waals surface area contributed by atoms with E-state index < -0.39 is 0 Å². The normalized spacial score (nSPS) is 11.0.